The Morgan fingerprint density at radius 1 is 1.75 bits per heavy atom. The van der Waals surface area contributed by atoms with Crippen molar-refractivity contribution in [3.63, 3.8) is 0 Å². The van der Waals surface area contributed by atoms with Crippen LogP contribution in [0.4, 0.5) is 0 Å². The monoisotopic (exact) mass is 119 g/mol. The molecule has 0 amide bonds. The maximum absolute atomic E-state index is 7.87. The smallest absolute Gasteiger partial charge is 0.188 e. The first-order valence-electron chi connectivity index (χ1n) is 2.05. The van der Waals surface area contributed by atoms with Crippen molar-refractivity contribution in [3.05, 3.63) is 0 Å². The highest BCUT2D eigenvalue weighted by Crippen LogP contribution is 1.85. The minimum atomic E-state index is -0.681. The zero-order chi connectivity index (χ0) is 6.57. The molecule has 5 heteroatoms. The third-order valence-corrected chi connectivity index (χ3v) is 0.483. The average molecular weight is 119 g/mol. The van der Waals surface area contributed by atoms with Gasteiger partial charge in [0.15, 0.2) is 12.2 Å². The highest BCUT2D eigenvalue weighted by molar-refractivity contribution is 5.75. The Kier molecular flexibility index (Phi) is 2.90. The molecule has 0 aromatic rings. The predicted octanol–water partition coefficient (Wildman–Crippen LogP) is -0.905. The first kappa shape index (κ1) is 7.19. The molecule has 0 fully saturated rings. The van der Waals surface area contributed by atoms with Gasteiger partial charge < -0.3 is 11.5 Å². The highest BCUT2D eigenvalue weighted by atomic mass is 17.1. The molecule has 0 aliphatic heterocycles. The Bertz CT molecular complexity index is 88.5. The maximum atomic E-state index is 7.87. The molecule has 0 saturated heterocycles. The van der Waals surface area contributed by atoms with Crippen LogP contribution in [-0.4, -0.2) is 17.4 Å². The predicted molar refractivity (Wildman–Crippen MR) is 29.0 cm³/mol. The summed E-state index contributed by atoms with van der Waals surface area (Å²) in [5, 5.41) is 7.87. The van der Waals surface area contributed by atoms with Crippen LogP contribution in [0.25, 0.3) is 0 Å². The van der Waals surface area contributed by atoms with E-state index in [4.69, 9.17) is 16.7 Å². The van der Waals surface area contributed by atoms with Crippen LogP contribution in [0.2, 0.25) is 0 Å². The van der Waals surface area contributed by atoms with Crippen molar-refractivity contribution in [2.75, 3.05) is 0 Å². The minimum Gasteiger partial charge on any atom is -0.370 e. The van der Waals surface area contributed by atoms with Crippen LogP contribution in [0, 0.1) is 0 Å². The molecule has 0 aliphatic carbocycles. The fraction of sp³-hybridized carbons (Fsp3) is 0.667. The van der Waals surface area contributed by atoms with Gasteiger partial charge in [-0.2, -0.15) is 0 Å². The number of nitrogens with two attached hydrogens (primary N) is 2. The lowest BCUT2D eigenvalue weighted by molar-refractivity contribution is -0.271. The van der Waals surface area contributed by atoms with E-state index in [1.165, 1.54) is 6.92 Å². The fourth-order valence-electron chi connectivity index (χ4n) is 0.233. The molecular weight excluding hydrogens is 110 g/mol. The Morgan fingerprint density at radius 2 is 2.25 bits per heavy atom. The summed E-state index contributed by atoms with van der Waals surface area (Å²) >= 11 is 0. The maximum Gasteiger partial charge on any atom is 0.188 e. The molecule has 0 aliphatic rings. The highest BCUT2D eigenvalue weighted by Gasteiger charge is 1.93. The van der Waals surface area contributed by atoms with E-state index < -0.39 is 6.23 Å². The minimum absolute atomic E-state index is 0.105. The topological polar surface area (TPSA) is 93.9 Å². The quantitative estimate of drug-likeness (QED) is 0.190. The standard InChI is InChI=1S/C3H9N3O2/c1-2(8-7)6-3(4)5/h2,7H,1H3,(H4,4,5,6). The van der Waals surface area contributed by atoms with Crippen LogP contribution in [-0.2, 0) is 4.89 Å². The van der Waals surface area contributed by atoms with Crippen LogP contribution in [0.5, 0.6) is 0 Å². The lowest BCUT2D eigenvalue weighted by Gasteiger charge is -1.98. The summed E-state index contributed by atoms with van der Waals surface area (Å²) in [5.41, 5.74) is 9.81. The third-order valence-electron chi connectivity index (χ3n) is 0.483. The molecule has 0 bridgehead atoms. The van der Waals surface area contributed by atoms with Gasteiger partial charge in [0.25, 0.3) is 0 Å². The lowest BCUT2D eigenvalue weighted by atomic mass is 10.7. The van der Waals surface area contributed by atoms with E-state index in [0.717, 1.165) is 0 Å². The Labute approximate surface area is 46.9 Å². The molecule has 5 N–H and O–H groups in total. The largest absolute Gasteiger partial charge is 0.370 e. The molecule has 8 heavy (non-hydrogen) atoms. The van der Waals surface area contributed by atoms with Gasteiger partial charge in [-0.15, -0.1) is 0 Å². The van der Waals surface area contributed by atoms with E-state index in [1.807, 2.05) is 0 Å². The van der Waals surface area contributed by atoms with E-state index in [2.05, 4.69) is 9.88 Å². The van der Waals surface area contributed by atoms with Gasteiger partial charge in [0.05, 0.1) is 0 Å². The summed E-state index contributed by atoms with van der Waals surface area (Å²) < 4.78 is 0. The Morgan fingerprint density at radius 3 is 2.38 bits per heavy atom. The number of aliphatic imine (C=N–C) groups is 1. The van der Waals surface area contributed by atoms with Crippen LogP contribution in [0.1, 0.15) is 6.92 Å². The molecule has 0 saturated carbocycles. The zero-order valence-corrected chi connectivity index (χ0v) is 4.53. The molecule has 5 nitrogen and oxygen atoms in total. The number of hydrogen-bond donors (Lipinski definition) is 3. The molecule has 0 aromatic heterocycles. The SMILES string of the molecule is CC(N=C(N)N)OO. The van der Waals surface area contributed by atoms with Gasteiger partial charge in [-0.1, -0.05) is 0 Å². The van der Waals surface area contributed by atoms with Crippen LogP contribution in [0.3, 0.4) is 0 Å². The number of guanidine groups is 1. The van der Waals surface area contributed by atoms with E-state index in [9.17, 15) is 0 Å². The number of nitrogens with zero attached hydrogens (tertiary/aromatic N) is 1. The van der Waals surface area contributed by atoms with Gasteiger partial charge in [0.2, 0.25) is 0 Å². The Hall–Kier alpha value is -0.810. The normalized spacial score (nSPS) is 12.8. The molecule has 48 valence electrons. The summed E-state index contributed by atoms with van der Waals surface area (Å²) in [6, 6.07) is 0. The van der Waals surface area contributed by atoms with E-state index >= 15 is 0 Å². The van der Waals surface area contributed by atoms with Crippen molar-refractivity contribution in [2.24, 2.45) is 16.5 Å². The zero-order valence-electron chi connectivity index (χ0n) is 4.53. The number of hydrogen-bond acceptors (Lipinski definition) is 3. The van der Waals surface area contributed by atoms with Gasteiger partial charge >= 0.3 is 0 Å². The molecule has 0 heterocycles. The second-order valence-corrected chi connectivity index (χ2v) is 1.26. The summed E-state index contributed by atoms with van der Waals surface area (Å²) in [7, 11) is 0. The molecule has 0 radical (unpaired) electrons. The van der Waals surface area contributed by atoms with Gasteiger partial charge in [-0.3, -0.25) is 0 Å². The number of rotatable bonds is 2. The van der Waals surface area contributed by atoms with Gasteiger partial charge in [-0.05, 0) is 6.92 Å². The van der Waals surface area contributed by atoms with Crippen molar-refractivity contribution in [2.45, 2.75) is 13.2 Å². The first-order chi connectivity index (χ1) is 3.66. The third kappa shape index (κ3) is 3.38. The molecule has 1 unspecified atom stereocenters. The molecule has 0 aromatic carbocycles. The lowest BCUT2D eigenvalue weighted by Crippen LogP contribution is -2.25. The van der Waals surface area contributed by atoms with Crippen molar-refractivity contribution >= 4 is 5.96 Å². The van der Waals surface area contributed by atoms with E-state index in [1.54, 1.807) is 0 Å². The molecular formula is C3H9N3O2. The summed E-state index contributed by atoms with van der Waals surface area (Å²) in [4.78, 5) is 7.11. The van der Waals surface area contributed by atoms with Gasteiger partial charge in [0, 0.05) is 0 Å². The second-order valence-electron chi connectivity index (χ2n) is 1.26. The molecule has 1 atom stereocenters. The van der Waals surface area contributed by atoms with Crippen molar-refractivity contribution in [3.8, 4) is 0 Å². The molecule has 0 rings (SSSR count). The molecule has 0 spiro atoms. The van der Waals surface area contributed by atoms with Crippen LogP contribution >= 0.6 is 0 Å². The second kappa shape index (κ2) is 3.23. The van der Waals surface area contributed by atoms with Crippen molar-refractivity contribution in [1.82, 2.24) is 0 Å². The first-order valence-corrected chi connectivity index (χ1v) is 2.05. The summed E-state index contributed by atoms with van der Waals surface area (Å²) in [5.74, 6) is -0.105. The van der Waals surface area contributed by atoms with E-state index in [-0.39, 0.29) is 5.96 Å². The summed E-state index contributed by atoms with van der Waals surface area (Å²) in [6.45, 7) is 1.50. The van der Waals surface area contributed by atoms with E-state index in [0.29, 0.717) is 0 Å². The van der Waals surface area contributed by atoms with Crippen molar-refractivity contribution in [1.29, 1.82) is 0 Å². The van der Waals surface area contributed by atoms with Crippen molar-refractivity contribution < 1.29 is 10.1 Å². The fourth-order valence-corrected chi connectivity index (χ4v) is 0.233. The summed E-state index contributed by atoms with van der Waals surface area (Å²) in [6.07, 6.45) is -0.681. The van der Waals surface area contributed by atoms with Gasteiger partial charge in [-0.25, -0.2) is 15.1 Å². The van der Waals surface area contributed by atoms with Crippen LogP contribution in [0.15, 0.2) is 4.99 Å². The van der Waals surface area contributed by atoms with Crippen LogP contribution < -0.4 is 11.5 Å². The van der Waals surface area contributed by atoms with Gasteiger partial charge in [0.1, 0.15) is 0 Å². The Balaban J connectivity index is 3.51. The average Bonchev–Trinajstić information content (AvgIpc) is 1.65.